The maximum atomic E-state index is 11.1. The van der Waals surface area contributed by atoms with Gasteiger partial charge in [-0.2, -0.15) is 0 Å². The van der Waals surface area contributed by atoms with Gasteiger partial charge in [-0.05, 0) is 18.2 Å². The highest BCUT2D eigenvalue weighted by atomic mass is 32.2. The molecular formula is C13H16N2O4S. The number of rotatable bonds is 6. The Bertz CT molecular complexity index is 531. The van der Waals surface area contributed by atoms with Gasteiger partial charge in [0, 0.05) is 30.2 Å². The Kier molecular flexibility index (Phi) is 6.05. The molecule has 0 atom stereocenters. The quantitative estimate of drug-likeness (QED) is 0.699. The van der Waals surface area contributed by atoms with Crippen molar-refractivity contribution in [2.75, 3.05) is 16.4 Å². The molecule has 0 heterocycles. The number of hydrogen-bond acceptors (Lipinski definition) is 4. The predicted octanol–water partition coefficient (Wildman–Crippen LogP) is 2.17. The van der Waals surface area contributed by atoms with Gasteiger partial charge in [-0.25, -0.2) is 0 Å². The number of carbonyl (C=O) groups excluding carboxylic acids is 2. The molecule has 1 aromatic carbocycles. The van der Waals surface area contributed by atoms with Crippen molar-refractivity contribution in [3.8, 4) is 0 Å². The molecule has 108 valence electrons. The van der Waals surface area contributed by atoms with Gasteiger partial charge in [-0.15, -0.1) is 11.8 Å². The van der Waals surface area contributed by atoms with Crippen LogP contribution in [0.2, 0.25) is 0 Å². The lowest BCUT2D eigenvalue weighted by Crippen LogP contribution is -2.09. The van der Waals surface area contributed by atoms with Crippen LogP contribution in [0.25, 0.3) is 0 Å². The SMILES string of the molecule is CC(=O)Nc1ccc(NC(C)=O)c(SCCC(=O)O)c1. The van der Waals surface area contributed by atoms with E-state index in [0.29, 0.717) is 22.0 Å². The van der Waals surface area contributed by atoms with E-state index < -0.39 is 5.97 Å². The predicted molar refractivity (Wildman–Crippen MR) is 78.0 cm³/mol. The molecule has 20 heavy (non-hydrogen) atoms. The Labute approximate surface area is 120 Å². The number of carboxylic acids is 1. The van der Waals surface area contributed by atoms with Gasteiger partial charge in [0.25, 0.3) is 0 Å². The van der Waals surface area contributed by atoms with Crippen molar-refractivity contribution < 1.29 is 19.5 Å². The third-order valence-corrected chi connectivity index (χ3v) is 3.24. The molecule has 3 N–H and O–H groups in total. The summed E-state index contributed by atoms with van der Waals surface area (Å²) >= 11 is 1.31. The van der Waals surface area contributed by atoms with Gasteiger partial charge in [-0.3, -0.25) is 14.4 Å². The monoisotopic (exact) mass is 296 g/mol. The number of carbonyl (C=O) groups is 3. The number of aliphatic carboxylic acids is 1. The van der Waals surface area contributed by atoms with Gasteiger partial charge < -0.3 is 15.7 Å². The van der Waals surface area contributed by atoms with Crippen molar-refractivity contribution >= 4 is 40.9 Å². The maximum absolute atomic E-state index is 11.1. The molecule has 0 aliphatic heterocycles. The van der Waals surface area contributed by atoms with Crippen LogP contribution in [-0.4, -0.2) is 28.6 Å². The molecule has 0 aromatic heterocycles. The molecule has 7 heteroatoms. The molecule has 0 fully saturated rings. The van der Waals surface area contributed by atoms with Crippen LogP contribution in [0.1, 0.15) is 20.3 Å². The van der Waals surface area contributed by atoms with Gasteiger partial charge in [0.2, 0.25) is 11.8 Å². The lowest BCUT2D eigenvalue weighted by atomic mass is 10.2. The zero-order chi connectivity index (χ0) is 15.1. The molecule has 6 nitrogen and oxygen atoms in total. The zero-order valence-corrected chi connectivity index (χ0v) is 12.0. The Hall–Kier alpha value is -2.02. The van der Waals surface area contributed by atoms with Gasteiger partial charge >= 0.3 is 5.97 Å². The van der Waals surface area contributed by atoms with E-state index >= 15 is 0 Å². The summed E-state index contributed by atoms with van der Waals surface area (Å²) in [5.41, 5.74) is 1.20. The molecule has 0 spiro atoms. The van der Waals surface area contributed by atoms with Gasteiger partial charge in [0.15, 0.2) is 0 Å². The van der Waals surface area contributed by atoms with E-state index in [1.165, 1.54) is 25.6 Å². The largest absolute Gasteiger partial charge is 0.481 e. The highest BCUT2D eigenvalue weighted by molar-refractivity contribution is 7.99. The van der Waals surface area contributed by atoms with Crippen molar-refractivity contribution in [2.24, 2.45) is 0 Å². The second-order valence-electron chi connectivity index (χ2n) is 4.07. The Balaban J connectivity index is 2.89. The second-order valence-corrected chi connectivity index (χ2v) is 5.20. The first kappa shape index (κ1) is 16.0. The standard InChI is InChI=1S/C13H16N2O4S/c1-8(16)14-10-3-4-11(15-9(2)17)12(7-10)20-6-5-13(18)19/h3-4,7H,5-6H2,1-2H3,(H,14,16)(H,15,17)(H,18,19). The molecule has 2 amide bonds. The summed E-state index contributed by atoms with van der Waals surface area (Å²) in [7, 11) is 0. The first-order valence-electron chi connectivity index (χ1n) is 5.92. The zero-order valence-electron chi connectivity index (χ0n) is 11.2. The summed E-state index contributed by atoms with van der Waals surface area (Å²) in [6.07, 6.45) is 0.0224. The van der Waals surface area contributed by atoms with E-state index in [0.717, 1.165) is 0 Å². The van der Waals surface area contributed by atoms with Gasteiger partial charge in [0.1, 0.15) is 0 Å². The molecular weight excluding hydrogens is 280 g/mol. The van der Waals surface area contributed by atoms with Crippen LogP contribution in [0.5, 0.6) is 0 Å². The molecule has 0 unspecified atom stereocenters. The second kappa shape index (κ2) is 7.54. The third kappa shape index (κ3) is 5.75. The van der Waals surface area contributed by atoms with E-state index in [4.69, 9.17) is 5.11 Å². The smallest absolute Gasteiger partial charge is 0.304 e. The van der Waals surface area contributed by atoms with Crippen molar-refractivity contribution in [1.82, 2.24) is 0 Å². The summed E-state index contributed by atoms with van der Waals surface area (Å²) in [4.78, 5) is 33.4. The molecule has 1 rings (SSSR count). The van der Waals surface area contributed by atoms with E-state index in [-0.39, 0.29) is 18.2 Å². The number of carboxylic acid groups (broad SMARTS) is 1. The summed E-state index contributed by atoms with van der Waals surface area (Å²) in [5.74, 6) is -0.904. The van der Waals surface area contributed by atoms with Crippen LogP contribution in [0.4, 0.5) is 11.4 Å². The molecule has 0 radical (unpaired) electrons. The number of hydrogen-bond donors (Lipinski definition) is 3. The van der Waals surface area contributed by atoms with Crippen LogP contribution in [0, 0.1) is 0 Å². The van der Waals surface area contributed by atoms with E-state index in [1.54, 1.807) is 18.2 Å². The number of amides is 2. The van der Waals surface area contributed by atoms with Crippen molar-refractivity contribution in [2.45, 2.75) is 25.2 Å². The summed E-state index contributed by atoms with van der Waals surface area (Å²) in [5, 5.41) is 14.0. The highest BCUT2D eigenvalue weighted by Crippen LogP contribution is 2.30. The number of anilines is 2. The van der Waals surface area contributed by atoms with Gasteiger partial charge in [0.05, 0.1) is 12.1 Å². The van der Waals surface area contributed by atoms with Gasteiger partial charge in [-0.1, -0.05) is 0 Å². The van der Waals surface area contributed by atoms with Crippen molar-refractivity contribution in [3.63, 3.8) is 0 Å². The fourth-order valence-electron chi connectivity index (χ4n) is 1.46. The molecule has 0 aliphatic rings. The third-order valence-electron chi connectivity index (χ3n) is 2.19. The number of benzene rings is 1. The molecule has 0 saturated carbocycles. The fourth-order valence-corrected chi connectivity index (χ4v) is 2.45. The Morgan fingerprint density at radius 2 is 1.80 bits per heavy atom. The fraction of sp³-hybridized carbons (Fsp3) is 0.308. The minimum absolute atomic E-state index is 0.0224. The van der Waals surface area contributed by atoms with Crippen molar-refractivity contribution in [3.05, 3.63) is 18.2 Å². The number of nitrogens with one attached hydrogen (secondary N) is 2. The van der Waals surface area contributed by atoms with Crippen LogP contribution < -0.4 is 10.6 Å². The summed E-state index contributed by atoms with van der Waals surface area (Å²) in [6.45, 7) is 2.80. The Morgan fingerprint density at radius 3 is 2.35 bits per heavy atom. The lowest BCUT2D eigenvalue weighted by Gasteiger charge is -2.11. The molecule has 1 aromatic rings. The molecule has 0 aliphatic carbocycles. The van der Waals surface area contributed by atoms with Crippen LogP contribution in [-0.2, 0) is 14.4 Å². The average molecular weight is 296 g/mol. The number of thioether (sulfide) groups is 1. The molecule has 0 saturated heterocycles. The lowest BCUT2D eigenvalue weighted by molar-refractivity contribution is -0.136. The van der Waals surface area contributed by atoms with E-state index in [9.17, 15) is 14.4 Å². The summed E-state index contributed by atoms with van der Waals surface area (Å²) in [6, 6.07) is 5.06. The normalized spacial score (nSPS) is 9.90. The van der Waals surface area contributed by atoms with Crippen LogP contribution in [0.3, 0.4) is 0 Å². The highest BCUT2D eigenvalue weighted by Gasteiger charge is 2.08. The first-order chi connectivity index (χ1) is 9.38. The topological polar surface area (TPSA) is 95.5 Å². The minimum atomic E-state index is -0.878. The van der Waals surface area contributed by atoms with E-state index in [2.05, 4.69) is 10.6 Å². The Morgan fingerprint density at radius 1 is 1.15 bits per heavy atom. The van der Waals surface area contributed by atoms with Crippen LogP contribution >= 0.6 is 11.8 Å². The maximum Gasteiger partial charge on any atom is 0.304 e. The first-order valence-corrected chi connectivity index (χ1v) is 6.91. The van der Waals surface area contributed by atoms with Crippen LogP contribution in [0.15, 0.2) is 23.1 Å². The molecule has 0 bridgehead atoms. The summed E-state index contributed by atoms with van der Waals surface area (Å²) < 4.78 is 0. The minimum Gasteiger partial charge on any atom is -0.481 e. The average Bonchev–Trinajstić information content (AvgIpc) is 2.30. The van der Waals surface area contributed by atoms with E-state index in [1.807, 2.05) is 0 Å². The van der Waals surface area contributed by atoms with Crippen molar-refractivity contribution in [1.29, 1.82) is 0 Å².